The van der Waals surface area contributed by atoms with Crippen LogP contribution in [0.15, 0.2) is 11.8 Å². The zero-order chi connectivity index (χ0) is 7.44. The minimum atomic E-state index is -1.41. The molecule has 50 valence electrons. The van der Waals surface area contributed by atoms with Gasteiger partial charge in [0, 0.05) is 0 Å². The molecule has 0 bridgehead atoms. The summed E-state index contributed by atoms with van der Waals surface area (Å²) >= 11 is 0. The maximum absolute atomic E-state index is 9.88. The Morgan fingerprint density at radius 3 is 1.89 bits per heavy atom. The number of carbonyl (C=O) groups is 2. The minimum absolute atomic E-state index is 0.322. The number of hydrogen-bond acceptors (Lipinski definition) is 3. The number of primary amides is 1. The van der Waals surface area contributed by atoms with Crippen LogP contribution >= 0.6 is 0 Å². The lowest BCUT2D eigenvalue weighted by molar-refractivity contribution is -0.132. The lowest BCUT2D eigenvalue weighted by Gasteiger charge is -1.86. The molecule has 0 fully saturated rings. The van der Waals surface area contributed by atoms with Crippen LogP contribution in [0.1, 0.15) is 0 Å². The summed E-state index contributed by atoms with van der Waals surface area (Å²) in [6, 6.07) is 0. The Balaban J connectivity index is 4.17. The van der Waals surface area contributed by atoms with Crippen LogP contribution in [0.3, 0.4) is 0 Å². The van der Waals surface area contributed by atoms with Gasteiger partial charge < -0.3 is 15.9 Å². The van der Waals surface area contributed by atoms with Crippen molar-refractivity contribution in [2.24, 2.45) is 5.73 Å². The number of aliphatic hydroxyl groups excluding tert-OH is 1. The molecule has 0 saturated carbocycles. The highest BCUT2D eigenvalue weighted by Crippen LogP contribution is 1.83. The van der Waals surface area contributed by atoms with Gasteiger partial charge in [0.1, 0.15) is 0 Å². The molecule has 4 N–H and O–H groups in total. The Bertz CT molecular complexity index is 171. The van der Waals surface area contributed by atoms with Crippen molar-refractivity contribution in [3.8, 4) is 0 Å². The largest absolute Gasteiger partial charge is 0.503 e. The molecule has 9 heavy (non-hydrogen) atoms. The van der Waals surface area contributed by atoms with Crippen LogP contribution in [-0.4, -0.2) is 22.1 Å². The smallest absolute Gasteiger partial charge is 0.332 e. The van der Waals surface area contributed by atoms with Gasteiger partial charge in [0.2, 0.25) is 0 Å². The molecule has 0 aliphatic heterocycles. The Morgan fingerprint density at radius 1 is 1.33 bits per heavy atom. The van der Waals surface area contributed by atoms with E-state index in [0.717, 1.165) is 0 Å². The van der Waals surface area contributed by atoms with E-state index in [4.69, 9.17) is 10.2 Å². The molecule has 5 nitrogen and oxygen atoms in total. The Kier molecular flexibility index (Phi) is 2.25. The van der Waals surface area contributed by atoms with E-state index in [1.165, 1.54) is 0 Å². The highest BCUT2D eigenvalue weighted by atomic mass is 16.4. The molecule has 0 aliphatic rings. The number of rotatable bonds is 2. The second-order valence-corrected chi connectivity index (χ2v) is 1.23. The molecule has 0 radical (unpaired) electrons. The first-order valence-corrected chi connectivity index (χ1v) is 1.97. The monoisotopic (exact) mass is 131 g/mol. The Labute approximate surface area is 50.4 Å². The van der Waals surface area contributed by atoms with Crippen molar-refractivity contribution < 1.29 is 19.8 Å². The van der Waals surface area contributed by atoms with Crippen LogP contribution in [0.25, 0.3) is 0 Å². The fraction of sp³-hybridized carbons (Fsp3) is 0. The normalized spacial score (nSPS) is 10.9. The standard InChI is InChI=1S/C4H5NO4/c5-4(9)2(6)1-3(7)8/h1,6H,(H2,5,9)(H,7,8)/b2-1+. The summed E-state index contributed by atoms with van der Waals surface area (Å²) in [6.45, 7) is 0. The SMILES string of the molecule is NC(=O)/C(O)=C\C(=O)O. The molecule has 0 atom stereocenters. The van der Waals surface area contributed by atoms with Gasteiger partial charge in [-0.1, -0.05) is 0 Å². The molecule has 0 heterocycles. The van der Waals surface area contributed by atoms with E-state index in [1.54, 1.807) is 0 Å². The molecule has 0 aromatic heterocycles. The molecule has 0 unspecified atom stereocenters. The third kappa shape index (κ3) is 3.10. The maximum atomic E-state index is 9.88. The molecule has 1 amide bonds. The lowest BCUT2D eigenvalue weighted by Crippen LogP contribution is -2.14. The van der Waals surface area contributed by atoms with Gasteiger partial charge in [-0.3, -0.25) is 4.79 Å². The molecule has 0 spiro atoms. The third-order valence-corrected chi connectivity index (χ3v) is 0.513. The van der Waals surface area contributed by atoms with Crippen molar-refractivity contribution in [3.63, 3.8) is 0 Å². The van der Waals surface area contributed by atoms with Crippen molar-refractivity contribution in [1.29, 1.82) is 0 Å². The van der Waals surface area contributed by atoms with Crippen LogP contribution in [-0.2, 0) is 9.59 Å². The van der Waals surface area contributed by atoms with E-state index >= 15 is 0 Å². The summed E-state index contributed by atoms with van der Waals surface area (Å²) in [5.74, 6) is -3.52. The number of nitrogens with two attached hydrogens (primary N) is 1. The van der Waals surface area contributed by atoms with Crippen LogP contribution in [0.4, 0.5) is 0 Å². The van der Waals surface area contributed by atoms with E-state index in [0.29, 0.717) is 6.08 Å². The Hall–Kier alpha value is -1.52. The van der Waals surface area contributed by atoms with Gasteiger partial charge in [0.15, 0.2) is 5.76 Å². The summed E-state index contributed by atoms with van der Waals surface area (Å²) < 4.78 is 0. The zero-order valence-corrected chi connectivity index (χ0v) is 4.37. The highest BCUT2D eigenvalue weighted by molar-refractivity contribution is 5.95. The number of hydrogen-bond donors (Lipinski definition) is 3. The van der Waals surface area contributed by atoms with E-state index in [1.807, 2.05) is 0 Å². The maximum Gasteiger partial charge on any atom is 0.332 e. The Morgan fingerprint density at radius 2 is 1.78 bits per heavy atom. The van der Waals surface area contributed by atoms with E-state index < -0.39 is 17.6 Å². The summed E-state index contributed by atoms with van der Waals surface area (Å²) in [6.07, 6.45) is 0.322. The van der Waals surface area contributed by atoms with Gasteiger partial charge in [-0.15, -0.1) is 0 Å². The molecule has 0 rings (SSSR count). The van der Waals surface area contributed by atoms with E-state index in [9.17, 15) is 9.59 Å². The van der Waals surface area contributed by atoms with Gasteiger partial charge in [-0.25, -0.2) is 4.79 Å². The van der Waals surface area contributed by atoms with E-state index in [2.05, 4.69) is 5.73 Å². The second-order valence-electron chi connectivity index (χ2n) is 1.23. The molecule has 0 aliphatic carbocycles. The van der Waals surface area contributed by atoms with Crippen molar-refractivity contribution >= 4 is 11.9 Å². The summed E-state index contributed by atoms with van der Waals surface area (Å²) in [5.41, 5.74) is 4.46. The van der Waals surface area contributed by atoms with Crippen LogP contribution in [0.5, 0.6) is 0 Å². The number of carboxylic acids is 1. The predicted molar refractivity (Wildman–Crippen MR) is 27.5 cm³/mol. The fourth-order valence-corrected chi connectivity index (χ4v) is 0.188. The van der Waals surface area contributed by atoms with Crippen LogP contribution < -0.4 is 5.73 Å². The van der Waals surface area contributed by atoms with Gasteiger partial charge in [0.25, 0.3) is 5.91 Å². The first kappa shape index (κ1) is 7.48. The number of carboxylic acid groups (broad SMARTS) is 1. The minimum Gasteiger partial charge on any atom is -0.503 e. The summed E-state index contributed by atoms with van der Waals surface area (Å²) in [4.78, 5) is 19.5. The van der Waals surface area contributed by atoms with Crippen molar-refractivity contribution in [3.05, 3.63) is 11.8 Å². The lowest BCUT2D eigenvalue weighted by atomic mass is 10.4. The van der Waals surface area contributed by atoms with Crippen molar-refractivity contribution in [2.75, 3.05) is 0 Å². The highest BCUT2D eigenvalue weighted by Gasteiger charge is 2.01. The van der Waals surface area contributed by atoms with Gasteiger partial charge in [0.05, 0.1) is 6.08 Å². The first-order chi connectivity index (χ1) is 4.04. The number of carbonyl (C=O) groups excluding carboxylic acids is 1. The predicted octanol–water partition coefficient (Wildman–Crippen LogP) is -1.00. The second kappa shape index (κ2) is 2.71. The molecule has 5 heteroatoms. The van der Waals surface area contributed by atoms with Gasteiger partial charge >= 0.3 is 5.97 Å². The van der Waals surface area contributed by atoms with Gasteiger partial charge in [-0.2, -0.15) is 0 Å². The van der Waals surface area contributed by atoms with Crippen LogP contribution in [0, 0.1) is 0 Å². The van der Waals surface area contributed by atoms with Gasteiger partial charge in [-0.05, 0) is 0 Å². The first-order valence-electron chi connectivity index (χ1n) is 1.97. The zero-order valence-electron chi connectivity index (χ0n) is 4.37. The number of aliphatic carboxylic acids is 1. The van der Waals surface area contributed by atoms with Crippen molar-refractivity contribution in [1.82, 2.24) is 0 Å². The molecule has 0 aromatic carbocycles. The average Bonchev–Trinajstić information content (AvgIpc) is 1.63. The number of aliphatic hydroxyl groups is 1. The quantitative estimate of drug-likeness (QED) is 0.330. The summed E-state index contributed by atoms with van der Waals surface area (Å²) in [7, 11) is 0. The fourth-order valence-electron chi connectivity index (χ4n) is 0.188. The van der Waals surface area contributed by atoms with Crippen molar-refractivity contribution in [2.45, 2.75) is 0 Å². The molecule has 0 aromatic rings. The number of amides is 1. The molecular formula is C4H5NO4. The topological polar surface area (TPSA) is 101 Å². The van der Waals surface area contributed by atoms with Crippen LogP contribution in [0.2, 0.25) is 0 Å². The van der Waals surface area contributed by atoms with E-state index in [-0.39, 0.29) is 0 Å². The summed E-state index contributed by atoms with van der Waals surface area (Å²) in [5, 5.41) is 16.2. The molecular weight excluding hydrogens is 126 g/mol. The average molecular weight is 131 g/mol. The molecule has 0 saturated heterocycles. The third-order valence-electron chi connectivity index (χ3n) is 0.513.